The highest BCUT2D eigenvalue weighted by Gasteiger charge is 2.14. The minimum absolute atomic E-state index is 0.196. The van der Waals surface area contributed by atoms with Gasteiger partial charge in [0.15, 0.2) is 23.0 Å². The summed E-state index contributed by atoms with van der Waals surface area (Å²) in [5.74, 6) is 2.27. The van der Waals surface area contributed by atoms with Crippen LogP contribution in [0.5, 0.6) is 17.2 Å². The Labute approximate surface area is 161 Å². The molecule has 1 amide bonds. The molecule has 0 bridgehead atoms. The van der Waals surface area contributed by atoms with Gasteiger partial charge in [-0.3, -0.25) is 4.79 Å². The Morgan fingerprint density at radius 1 is 1.04 bits per heavy atom. The molecule has 0 radical (unpaired) electrons. The van der Waals surface area contributed by atoms with Crippen LogP contribution in [0.3, 0.4) is 0 Å². The Morgan fingerprint density at radius 3 is 2.32 bits per heavy atom. The Bertz CT molecular complexity index is 901. The molecule has 2 heterocycles. The molecule has 2 N–H and O–H groups in total. The van der Waals surface area contributed by atoms with Gasteiger partial charge in [-0.25, -0.2) is 0 Å². The molecule has 146 valence electrons. The number of hydrogen-bond donors (Lipinski definition) is 2. The van der Waals surface area contributed by atoms with Gasteiger partial charge in [0.05, 0.1) is 34.1 Å². The summed E-state index contributed by atoms with van der Waals surface area (Å²) < 4.78 is 21.1. The van der Waals surface area contributed by atoms with Crippen LogP contribution in [-0.2, 0) is 6.54 Å². The van der Waals surface area contributed by atoms with E-state index in [9.17, 15) is 4.79 Å². The third-order valence-electron chi connectivity index (χ3n) is 3.84. The van der Waals surface area contributed by atoms with Crippen LogP contribution in [-0.4, -0.2) is 37.4 Å². The number of methoxy groups -OCH3 is 3. The molecule has 0 aliphatic rings. The Hall–Kier alpha value is -3.75. The van der Waals surface area contributed by atoms with Crippen molar-refractivity contribution in [1.29, 1.82) is 0 Å². The number of aromatic nitrogens is 2. The van der Waals surface area contributed by atoms with E-state index in [0.29, 0.717) is 34.5 Å². The first-order chi connectivity index (χ1) is 13.6. The summed E-state index contributed by atoms with van der Waals surface area (Å²) in [5, 5.41) is 13.8. The van der Waals surface area contributed by atoms with E-state index < -0.39 is 0 Å². The van der Waals surface area contributed by atoms with Crippen molar-refractivity contribution >= 4 is 17.4 Å². The van der Waals surface area contributed by atoms with Crippen molar-refractivity contribution in [3.8, 4) is 17.2 Å². The highest BCUT2D eigenvalue weighted by molar-refractivity contribution is 5.92. The van der Waals surface area contributed by atoms with Gasteiger partial charge in [0, 0.05) is 17.8 Å². The minimum atomic E-state index is -0.344. The second-order valence-electron chi connectivity index (χ2n) is 5.60. The quantitative estimate of drug-likeness (QED) is 0.610. The van der Waals surface area contributed by atoms with E-state index in [1.165, 1.54) is 21.3 Å². The summed E-state index contributed by atoms with van der Waals surface area (Å²) in [6, 6.07) is 10.2. The molecule has 0 spiro atoms. The third kappa shape index (κ3) is 4.32. The van der Waals surface area contributed by atoms with Crippen molar-refractivity contribution in [2.75, 3.05) is 26.6 Å². The van der Waals surface area contributed by atoms with E-state index in [-0.39, 0.29) is 18.1 Å². The number of ether oxygens (including phenoxy) is 3. The first kappa shape index (κ1) is 19.0. The fourth-order valence-corrected chi connectivity index (χ4v) is 2.49. The average Bonchev–Trinajstić information content (AvgIpc) is 3.25. The van der Waals surface area contributed by atoms with Crippen molar-refractivity contribution < 1.29 is 23.4 Å². The van der Waals surface area contributed by atoms with Gasteiger partial charge in [-0.2, -0.15) is 0 Å². The molecule has 0 aliphatic heterocycles. The van der Waals surface area contributed by atoms with E-state index in [4.69, 9.17) is 18.6 Å². The Morgan fingerprint density at radius 2 is 1.79 bits per heavy atom. The zero-order chi connectivity index (χ0) is 19.9. The highest BCUT2D eigenvalue weighted by Crippen LogP contribution is 2.40. The number of hydrogen-bond acceptors (Lipinski definition) is 8. The second kappa shape index (κ2) is 8.76. The van der Waals surface area contributed by atoms with E-state index in [0.717, 1.165) is 0 Å². The molecule has 3 aromatic rings. The maximum Gasteiger partial charge on any atom is 0.272 e. The van der Waals surface area contributed by atoms with Crippen molar-refractivity contribution in [3.05, 3.63) is 54.1 Å². The lowest BCUT2D eigenvalue weighted by Crippen LogP contribution is -2.23. The molecule has 0 saturated heterocycles. The Kier molecular flexibility index (Phi) is 5.95. The molecule has 0 saturated carbocycles. The van der Waals surface area contributed by atoms with E-state index >= 15 is 0 Å². The Balaban J connectivity index is 1.69. The lowest BCUT2D eigenvalue weighted by atomic mass is 10.2. The molecule has 0 aliphatic carbocycles. The van der Waals surface area contributed by atoms with E-state index in [2.05, 4.69) is 20.8 Å². The maximum absolute atomic E-state index is 12.1. The molecule has 0 fully saturated rings. The van der Waals surface area contributed by atoms with Crippen LogP contribution in [0, 0.1) is 0 Å². The zero-order valence-corrected chi connectivity index (χ0v) is 15.7. The van der Waals surface area contributed by atoms with Gasteiger partial charge in [0.1, 0.15) is 5.76 Å². The predicted molar refractivity (Wildman–Crippen MR) is 101 cm³/mol. The van der Waals surface area contributed by atoms with Gasteiger partial charge in [-0.1, -0.05) is 0 Å². The van der Waals surface area contributed by atoms with Crippen LogP contribution < -0.4 is 24.8 Å². The fourth-order valence-electron chi connectivity index (χ4n) is 2.49. The summed E-state index contributed by atoms with van der Waals surface area (Å²) in [4.78, 5) is 12.1. The molecule has 0 atom stereocenters. The summed E-state index contributed by atoms with van der Waals surface area (Å²) in [6.45, 7) is 0.277. The van der Waals surface area contributed by atoms with Crippen molar-refractivity contribution in [2.45, 2.75) is 6.54 Å². The molecule has 2 aromatic heterocycles. The van der Waals surface area contributed by atoms with Crippen molar-refractivity contribution in [2.24, 2.45) is 0 Å². The van der Waals surface area contributed by atoms with Crippen LogP contribution in [0.15, 0.2) is 47.1 Å². The summed E-state index contributed by atoms with van der Waals surface area (Å²) >= 11 is 0. The molecule has 0 unspecified atom stereocenters. The topological polar surface area (TPSA) is 108 Å². The van der Waals surface area contributed by atoms with Gasteiger partial charge in [-0.05, 0) is 24.3 Å². The van der Waals surface area contributed by atoms with Gasteiger partial charge in [0.25, 0.3) is 5.91 Å². The van der Waals surface area contributed by atoms with Crippen LogP contribution in [0.25, 0.3) is 0 Å². The molecule has 9 nitrogen and oxygen atoms in total. The van der Waals surface area contributed by atoms with Gasteiger partial charge < -0.3 is 29.3 Å². The number of nitrogens with zero attached hydrogens (tertiary/aromatic N) is 2. The first-order valence-corrected chi connectivity index (χ1v) is 8.36. The first-order valence-electron chi connectivity index (χ1n) is 8.36. The standard InChI is InChI=1S/C19H20N4O5/c1-25-15-9-12(10-16(26-2)18(15)27-3)21-17-7-6-14(22-23-17)19(24)20-11-13-5-4-8-28-13/h4-10H,11H2,1-3H3,(H,20,24)(H,21,23). The highest BCUT2D eigenvalue weighted by atomic mass is 16.5. The van der Waals surface area contributed by atoms with Crippen molar-refractivity contribution in [3.63, 3.8) is 0 Å². The number of nitrogens with one attached hydrogen (secondary N) is 2. The van der Waals surface area contributed by atoms with Gasteiger partial charge in [-0.15, -0.1) is 10.2 Å². The normalized spacial score (nSPS) is 10.2. The molecule has 9 heteroatoms. The average molecular weight is 384 g/mol. The number of benzene rings is 1. The van der Waals surface area contributed by atoms with Crippen molar-refractivity contribution in [1.82, 2.24) is 15.5 Å². The third-order valence-corrected chi connectivity index (χ3v) is 3.84. The van der Waals surface area contributed by atoms with Gasteiger partial charge in [0.2, 0.25) is 5.75 Å². The second-order valence-corrected chi connectivity index (χ2v) is 5.60. The molecule has 1 aromatic carbocycles. The summed E-state index contributed by atoms with van der Waals surface area (Å²) in [5.41, 5.74) is 0.862. The smallest absolute Gasteiger partial charge is 0.272 e. The summed E-state index contributed by atoms with van der Waals surface area (Å²) in [6.07, 6.45) is 1.55. The number of amides is 1. The van der Waals surface area contributed by atoms with E-state index in [1.54, 1.807) is 42.7 Å². The van der Waals surface area contributed by atoms with Crippen LogP contribution in [0.2, 0.25) is 0 Å². The lowest BCUT2D eigenvalue weighted by molar-refractivity contribution is 0.0942. The SMILES string of the molecule is COc1cc(Nc2ccc(C(=O)NCc3ccco3)nn2)cc(OC)c1OC. The zero-order valence-electron chi connectivity index (χ0n) is 15.7. The van der Waals surface area contributed by atoms with E-state index in [1.807, 2.05) is 0 Å². The largest absolute Gasteiger partial charge is 0.493 e. The number of furan rings is 1. The van der Waals surface area contributed by atoms with Crippen LogP contribution in [0.1, 0.15) is 16.2 Å². The van der Waals surface area contributed by atoms with Gasteiger partial charge >= 0.3 is 0 Å². The van der Waals surface area contributed by atoms with Crippen LogP contribution in [0.4, 0.5) is 11.5 Å². The predicted octanol–water partition coefficient (Wildman–Crippen LogP) is 2.77. The molecule has 28 heavy (non-hydrogen) atoms. The summed E-state index contributed by atoms with van der Waals surface area (Å²) in [7, 11) is 4.61. The molecule has 3 rings (SSSR count). The monoisotopic (exact) mass is 384 g/mol. The number of carbonyl (C=O) groups is 1. The number of rotatable bonds is 8. The number of carbonyl (C=O) groups excluding carboxylic acids is 1. The molecular formula is C19H20N4O5. The molecular weight excluding hydrogens is 364 g/mol. The van der Waals surface area contributed by atoms with Crippen LogP contribution >= 0.6 is 0 Å². The lowest BCUT2D eigenvalue weighted by Gasteiger charge is -2.14. The minimum Gasteiger partial charge on any atom is -0.493 e. The fraction of sp³-hybridized carbons (Fsp3) is 0.211. The maximum atomic E-state index is 12.1. The number of anilines is 2.